The highest BCUT2D eigenvalue weighted by atomic mass is 14.0. The van der Waals surface area contributed by atoms with Gasteiger partial charge in [-0.15, -0.1) is 0 Å². The third-order valence-electron chi connectivity index (χ3n) is 2.71. The van der Waals surface area contributed by atoms with E-state index in [1.54, 1.807) is 0 Å². The molecule has 0 bridgehead atoms. The Labute approximate surface area is 108 Å². The Morgan fingerprint density at radius 3 is 1.78 bits per heavy atom. The van der Waals surface area contributed by atoms with E-state index in [0.717, 1.165) is 0 Å². The van der Waals surface area contributed by atoms with Crippen LogP contribution in [-0.2, 0) is 0 Å². The van der Waals surface area contributed by atoms with Crippen LogP contribution in [0.4, 0.5) is 0 Å². The topological polar surface area (TPSA) is 0 Å². The summed E-state index contributed by atoms with van der Waals surface area (Å²) in [5.74, 6) is 0. The van der Waals surface area contributed by atoms with Crippen molar-refractivity contribution in [2.24, 2.45) is 0 Å². The fourth-order valence-electron chi connectivity index (χ4n) is 1.81. The monoisotopic (exact) mass is 232 g/mol. The van der Waals surface area contributed by atoms with Gasteiger partial charge in [0.1, 0.15) is 0 Å². The third kappa shape index (κ3) is 3.08. The summed E-state index contributed by atoms with van der Waals surface area (Å²) in [6, 6.07) is 26.6. The number of hydrogen-bond donors (Lipinski definition) is 0. The van der Waals surface area contributed by atoms with Crippen LogP contribution >= 0.6 is 0 Å². The van der Waals surface area contributed by atoms with Gasteiger partial charge < -0.3 is 0 Å². The van der Waals surface area contributed by atoms with Gasteiger partial charge in [0, 0.05) is 0 Å². The maximum Gasteiger partial charge on any atom is -0.0112 e. The largest absolute Gasteiger partial charge is 0.0984 e. The Bertz CT molecular complexity index is 577. The lowest BCUT2D eigenvalue weighted by molar-refractivity contribution is 1.72. The zero-order valence-electron chi connectivity index (χ0n) is 10.3. The van der Waals surface area contributed by atoms with E-state index in [-0.39, 0.29) is 0 Å². The number of benzene rings is 3. The molecule has 0 N–H and O–H groups in total. The molecule has 3 aromatic rings. The zero-order valence-corrected chi connectivity index (χ0v) is 10.3. The predicted octanol–water partition coefficient (Wildman–Crippen LogP) is 5.17. The van der Waals surface area contributed by atoms with Crippen LogP contribution in [0.25, 0.3) is 16.8 Å². The van der Waals surface area contributed by atoms with Crippen molar-refractivity contribution in [2.45, 2.75) is 0 Å². The van der Waals surface area contributed by atoms with Crippen molar-refractivity contribution < 1.29 is 0 Å². The van der Waals surface area contributed by atoms with E-state index in [4.69, 9.17) is 0 Å². The van der Waals surface area contributed by atoms with Gasteiger partial charge in [-0.3, -0.25) is 0 Å². The summed E-state index contributed by atoms with van der Waals surface area (Å²) in [7, 11) is 0. The number of rotatable bonds is 1. The van der Waals surface area contributed by atoms with Gasteiger partial charge in [-0.2, -0.15) is 0 Å². The molecule has 3 rings (SSSR count). The van der Waals surface area contributed by atoms with Gasteiger partial charge in [-0.05, 0) is 16.3 Å². The highest BCUT2D eigenvalue weighted by Gasteiger charge is 1.93. The van der Waals surface area contributed by atoms with Crippen molar-refractivity contribution in [1.29, 1.82) is 0 Å². The van der Waals surface area contributed by atoms with Gasteiger partial charge >= 0.3 is 0 Å². The van der Waals surface area contributed by atoms with E-state index in [0.29, 0.717) is 0 Å². The van der Waals surface area contributed by atoms with E-state index in [2.05, 4.69) is 49.0 Å². The minimum atomic E-state index is 1.20. The maximum atomic E-state index is 3.78. The first kappa shape index (κ1) is 12.1. The van der Waals surface area contributed by atoms with Gasteiger partial charge in [-0.25, -0.2) is 0 Å². The molecule has 0 spiro atoms. The predicted molar refractivity (Wildman–Crippen MR) is 80.5 cm³/mol. The Balaban J connectivity index is 0.000000169. The minimum Gasteiger partial charge on any atom is -0.0984 e. The molecule has 0 fully saturated rings. The lowest BCUT2D eigenvalue weighted by Crippen LogP contribution is -1.75. The summed E-state index contributed by atoms with van der Waals surface area (Å²) >= 11 is 0. The molecule has 0 unspecified atom stereocenters. The quantitative estimate of drug-likeness (QED) is 0.543. The molecule has 3 aromatic carbocycles. The Hall–Kier alpha value is -2.34. The normalized spacial score (nSPS) is 9.33. The molecule has 0 heterocycles. The van der Waals surface area contributed by atoms with Crippen LogP contribution in [0.5, 0.6) is 0 Å². The molecule has 0 saturated carbocycles. The second-order valence-corrected chi connectivity index (χ2v) is 3.93. The van der Waals surface area contributed by atoms with Gasteiger partial charge in [0.05, 0.1) is 0 Å². The molecule has 18 heavy (non-hydrogen) atoms. The molecular weight excluding hydrogens is 216 g/mol. The van der Waals surface area contributed by atoms with E-state index in [1.807, 2.05) is 42.5 Å². The second-order valence-electron chi connectivity index (χ2n) is 3.93. The standard InChI is InChI=1S/C12H10.C6H6/c1-2-10-7-5-8-11-6-3-4-9-12(10)11;1-2-4-6-5-3-1/h2-9H,1H2;1-6H. The fourth-order valence-corrected chi connectivity index (χ4v) is 1.81. The molecule has 0 heteroatoms. The number of hydrogen-bond acceptors (Lipinski definition) is 0. The van der Waals surface area contributed by atoms with Crippen molar-refractivity contribution in [3.8, 4) is 0 Å². The smallest absolute Gasteiger partial charge is 0.0112 e. The van der Waals surface area contributed by atoms with Crippen molar-refractivity contribution >= 4 is 16.8 Å². The van der Waals surface area contributed by atoms with Crippen molar-refractivity contribution in [3.63, 3.8) is 0 Å². The summed E-state index contributed by atoms with van der Waals surface area (Å²) in [6.45, 7) is 3.78. The molecule has 0 amide bonds. The zero-order chi connectivity index (χ0) is 12.6. The second kappa shape index (κ2) is 6.41. The van der Waals surface area contributed by atoms with E-state index in [9.17, 15) is 0 Å². The van der Waals surface area contributed by atoms with Crippen LogP contribution in [0.2, 0.25) is 0 Å². The molecule has 0 aromatic heterocycles. The molecular formula is C18H16. The lowest BCUT2D eigenvalue weighted by Gasteiger charge is -1.99. The average Bonchev–Trinajstić information content (AvgIpc) is 2.49. The van der Waals surface area contributed by atoms with E-state index < -0.39 is 0 Å². The van der Waals surface area contributed by atoms with E-state index >= 15 is 0 Å². The van der Waals surface area contributed by atoms with Crippen molar-refractivity contribution in [3.05, 3.63) is 91.0 Å². The molecule has 0 aliphatic carbocycles. The van der Waals surface area contributed by atoms with E-state index in [1.165, 1.54) is 16.3 Å². The molecule has 0 radical (unpaired) electrons. The van der Waals surface area contributed by atoms with Crippen LogP contribution in [0.15, 0.2) is 85.4 Å². The maximum absolute atomic E-state index is 3.78. The van der Waals surface area contributed by atoms with Crippen molar-refractivity contribution in [2.75, 3.05) is 0 Å². The first-order valence-corrected chi connectivity index (χ1v) is 6.02. The lowest BCUT2D eigenvalue weighted by atomic mass is 10.1. The first-order chi connectivity index (χ1) is 8.92. The summed E-state index contributed by atoms with van der Waals surface area (Å²) in [5, 5.41) is 2.55. The van der Waals surface area contributed by atoms with Crippen LogP contribution < -0.4 is 0 Å². The molecule has 0 aliphatic heterocycles. The molecule has 0 aliphatic rings. The molecule has 88 valence electrons. The van der Waals surface area contributed by atoms with Crippen LogP contribution in [-0.4, -0.2) is 0 Å². The van der Waals surface area contributed by atoms with Crippen molar-refractivity contribution in [1.82, 2.24) is 0 Å². The Kier molecular flexibility index (Phi) is 4.32. The summed E-state index contributed by atoms with van der Waals surface area (Å²) < 4.78 is 0. The summed E-state index contributed by atoms with van der Waals surface area (Å²) in [5.41, 5.74) is 1.20. The summed E-state index contributed by atoms with van der Waals surface area (Å²) in [4.78, 5) is 0. The van der Waals surface area contributed by atoms with Gasteiger partial charge in [0.25, 0.3) is 0 Å². The molecule has 0 saturated heterocycles. The Morgan fingerprint density at radius 1 is 0.611 bits per heavy atom. The minimum absolute atomic E-state index is 1.20. The average molecular weight is 232 g/mol. The highest BCUT2D eigenvalue weighted by Crippen LogP contribution is 2.18. The van der Waals surface area contributed by atoms with Crippen LogP contribution in [0, 0.1) is 0 Å². The highest BCUT2D eigenvalue weighted by molar-refractivity contribution is 5.90. The van der Waals surface area contributed by atoms with Gasteiger partial charge in [0.2, 0.25) is 0 Å². The third-order valence-corrected chi connectivity index (χ3v) is 2.71. The summed E-state index contributed by atoms with van der Waals surface area (Å²) in [6.07, 6.45) is 1.89. The first-order valence-electron chi connectivity index (χ1n) is 6.02. The fraction of sp³-hybridized carbons (Fsp3) is 0. The SMILES string of the molecule is C=Cc1cccc2ccccc12.c1ccccc1. The van der Waals surface area contributed by atoms with Crippen LogP contribution in [0.3, 0.4) is 0 Å². The number of fused-ring (bicyclic) bond motifs is 1. The molecule has 0 nitrogen and oxygen atoms in total. The molecule has 0 atom stereocenters. The van der Waals surface area contributed by atoms with Gasteiger partial charge in [-0.1, -0.05) is 91.5 Å². The van der Waals surface area contributed by atoms with Crippen LogP contribution in [0.1, 0.15) is 5.56 Å². The van der Waals surface area contributed by atoms with Gasteiger partial charge in [0.15, 0.2) is 0 Å². The Morgan fingerprint density at radius 2 is 1.17 bits per heavy atom.